The van der Waals surface area contributed by atoms with Gasteiger partial charge in [0.15, 0.2) is 17.4 Å². The number of nitrogens with one attached hydrogen (secondary N) is 2. The predicted molar refractivity (Wildman–Crippen MR) is 129 cm³/mol. The zero-order chi connectivity index (χ0) is 25.3. The molecule has 1 aromatic carbocycles. The van der Waals surface area contributed by atoms with E-state index in [0.717, 1.165) is 11.3 Å². The van der Waals surface area contributed by atoms with Crippen LogP contribution in [0.15, 0.2) is 29.0 Å². The summed E-state index contributed by atoms with van der Waals surface area (Å²) >= 11 is 0. The standard InChI is InChI=1S/C25H27FN6O3/c1-7-15-18(32(6)24(33)30-21-11-20(35-31-21)25(3,4)5)8-9-19(22(15)26)34-23-16-10-14(2)27-12-17(16)28-13-29-23/h1,8-9,11,13-14,27H,10,12H2,2-6H3,(H,30,31,33)/t14-/m1/s1. The molecule has 9 nitrogen and oxygen atoms in total. The van der Waals surface area contributed by atoms with Crippen molar-refractivity contribution < 1.29 is 18.4 Å². The lowest BCUT2D eigenvalue weighted by molar-refractivity contribution is 0.257. The van der Waals surface area contributed by atoms with Crippen molar-refractivity contribution in [1.29, 1.82) is 0 Å². The average molecular weight is 479 g/mol. The van der Waals surface area contributed by atoms with Gasteiger partial charge in [-0.15, -0.1) is 6.42 Å². The maximum absolute atomic E-state index is 15.4. The lowest BCUT2D eigenvalue weighted by Crippen LogP contribution is -2.33. The van der Waals surface area contributed by atoms with Crippen LogP contribution in [0.5, 0.6) is 11.6 Å². The number of amides is 2. The van der Waals surface area contributed by atoms with Crippen LogP contribution in [0.1, 0.15) is 50.3 Å². The smallest absolute Gasteiger partial charge is 0.327 e. The lowest BCUT2D eigenvalue weighted by Gasteiger charge is -2.24. The number of terminal acetylenes is 1. The van der Waals surface area contributed by atoms with Gasteiger partial charge < -0.3 is 14.6 Å². The van der Waals surface area contributed by atoms with Gasteiger partial charge in [0, 0.05) is 36.7 Å². The molecular weight excluding hydrogens is 451 g/mol. The summed E-state index contributed by atoms with van der Waals surface area (Å²) < 4.78 is 26.5. The Bertz CT molecular complexity index is 1310. The first-order valence-electron chi connectivity index (χ1n) is 11.1. The number of hydrogen-bond acceptors (Lipinski definition) is 7. The molecule has 2 amide bonds. The fourth-order valence-electron chi connectivity index (χ4n) is 3.66. The van der Waals surface area contributed by atoms with E-state index in [2.05, 4.69) is 31.7 Å². The van der Waals surface area contributed by atoms with E-state index in [-0.39, 0.29) is 40.2 Å². The zero-order valence-corrected chi connectivity index (χ0v) is 20.3. The van der Waals surface area contributed by atoms with Gasteiger partial charge in [-0.05, 0) is 25.5 Å². The fraction of sp³-hybridized carbons (Fsp3) is 0.360. The molecule has 0 saturated carbocycles. The van der Waals surface area contributed by atoms with Gasteiger partial charge in [0.2, 0.25) is 5.88 Å². The van der Waals surface area contributed by atoms with Crippen molar-refractivity contribution >= 4 is 17.5 Å². The van der Waals surface area contributed by atoms with Gasteiger partial charge in [0.05, 0.1) is 16.9 Å². The van der Waals surface area contributed by atoms with Crippen molar-refractivity contribution in [2.45, 2.75) is 52.1 Å². The molecule has 0 unspecified atom stereocenters. The topological polar surface area (TPSA) is 105 Å². The van der Waals surface area contributed by atoms with Crippen LogP contribution in [0.3, 0.4) is 0 Å². The minimum absolute atomic E-state index is 0.0890. The summed E-state index contributed by atoms with van der Waals surface area (Å²) in [5.41, 5.74) is 1.43. The SMILES string of the molecule is C#Cc1c(N(C)C(=O)Nc2cc(C(C)(C)C)on2)ccc(Oc2ncnc3c2C[C@@H](C)NC3)c1F. The van der Waals surface area contributed by atoms with Crippen molar-refractivity contribution in [2.24, 2.45) is 0 Å². The molecule has 10 heteroatoms. The first-order valence-corrected chi connectivity index (χ1v) is 11.1. The van der Waals surface area contributed by atoms with Crippen LogP contribution in [0, 0.1) is 18.2 Å². The molecule has 182 valence electrons. The van der Waals surface area contributed by atoms with E-state index < -0.39 is 11.8 Å². The number of benzene rings is 1. The Hall–Kier alpha value is -3.97. The van der Waals surface area contributed by atoms with Crippen molar-refractivity contribution in [1.82, 2.24) is 20.4 Å². The van der Waals surface area contributed by atoms with Crippen LogP contribution in [0.25, 0.3) is 0 Å². The first kappa shape index (κ1) is 24.2. The minimum Gasteiger partial charge on any atom is -0.435 e. The monoisotopic (exact) mass is 478 g/mol. The molecule has 0 bridgehead atoms. The number of urea groups is 1. The van der Waals surface area contributed by atoms with Crippen molar-refractivity contribution in [3.63, 3.8) is 0 Å². The number of anilines is 2. The minimum atomic E-state index is -0.768. The van der Waals surface area contributed by atoms with Gasteiger partial charge in [-0.2, -0.15) is 0 Å². The molecule has 0 saturated heterocycles. The molecule has 1 atom stereocenters. The van der Waals surface area contributed by atoms with Gasteiger partial charge in [0.25, 0.3) is 0 Å². The number of carbonyl (C=O) groups excluding carboxylic acids is 1. The number of halogens is 1. The highest BCUT2D eigenvalue weighted by Crippen LogP contribution is 2.34. The number of rotatable bonds is 4. The normalized spacial score (nSPS) is 15.2. The number of ether oxygens (including phenoxy) is 1. The van der Waals surface area contributed by atoms with E-state index >= 15 is 4.39 Å². The highest BCUT2D eigenvalue weighted by atomic mass is 19.1. The Labute approximate surface area is 203 Å². The summed E-state index contributed by atoms with van der Waals surface area (Å²) in [5, 5.41) is 9.82. The van der Waals surface area contributed by atoms with Crippen LogP contribution >= 0.6 is 0 Å². The zero-order valence-electron chi connectivity index (χ0n) is 20.3. The maximum atomic E-state index is 15.4. The molecule has 0 aliphatic carbocycles. The molecule has 3 heterocycles. The number of aromatic nitrogens is 3. The Balaban J connectivity index is 1.57. The fourth-order valence-corrected chi connectivity index (χ4v) is 3.66. The van der Waals surface area contributed by atoms with Gasteiger partial charge in [-0.3, -0.25) is 10.2 Å². The molecule has 0 radical (unpaired) electrons. The molecule has 2 N–H and O–H groups in total. The highest BCUT2D eigenvalue weighted by Gasteiger charge is 2.25. The van der Waals surface area contributed by atoms with E-state index in [1.165, 1.54) is 30.4 Å². The summed E-state index contributed by atoms with van der Waals surface area (Å²) in [6.07, 6.45) is 7.65. The van der Waals surface area contributed by atoms with Gasteiger partial charge >= 0.3 is 6.03 Å². The van der Waals surface area contributed by atoms with E-state index in [4.69, 9.17) is 15.7 Å². The molecule has 0 spiro atoms. The number of hydrogen-bond donors (Lipinski definition) is 2. The van der Waals surface area contributed by atoms with Crippen LogP contribution in [0.2, 0.25) is 0 Å². The summed E-state index contributed by atoms with van der Waals surface area (Å²) in [5.74, 6) is 2.61. The van der Waals surface area contributed by atoms with E-state index in [1.807, 2.05) is 27.7 Å². The third-order valence-corrected chi connectivity index (χ3v) is 5.71. The Morgan fingerprint density at radius 2 is 2.14 bits per heavy atom. The van der Waals surface area contributed by atoms with Crippen molar-refractivity contribution in [2.75, 3.05) is 17.3 Å². The molecule has 35 heavy (non-hydrogen) atoms. The second-order valence-corrected chi connectivity index (χ2v) is 9.42. The molecule has 1 aliphatic rings. The molecule has 1 aliphatic heterocycles. The molecule has 3 aromatic rings. The number of nitrogens with zero attached hydrogens (tertiary/aromatic N) is 4. The van der Waals surface area contributed by atoms with Crippen LogP contribution in [-0.4, -0.2) is 34.2 Å². The molecular formula is C25H27FN6O3. The largest absolute Gasteiger partial charge is 0.435 e. The summed E-state index contributed by atoms with van der Waals surface area (Å²) in [7, 11) is 1.48. The Morgan fingerprint density at radius 3 is 2.83 bits per heavy atom. The lowest BCUT2D eigenvalue weighted by atomic mass is 9.93. The van der Waals surface area contributed by atoms with Gasteiger partial charge in [-0.1, -0.05) is 31.8 Å². The summed E-state index contributed by atoms with van der Waals surface area (Å²) in [6, 6.07) is 4.23. The second-order valence-electron chi connectivity index (χ2n) is 9.42. The predicted octanol–water partition coefficient (Wildman–Crippen LogP) is 4.38. The summed E-state index contributed by atoms with van der Waals surface area (Å²) in [6.45, 7) is 8.51. The molecule has 4 rings (SSSR count). The first-order chi connectivity index (χ1) is 16.6. The van der Waals surface area contributed by atoms with Gasteiger partial charge in [-0.25, -0.2) is 19.2 Å². The third kappa shape index (κ3) is 4.95. The summed E-state index contributed by atoms with van der Waals surface area (Å²) in [4.78, 5) is 22.5. The average Bonchev–Trinajstić information content (AvgIpc) is 3.29. The number of carbonyl (C=O) groups is 1. The highest BCUT2D eigenvalue weighted by molar-refractivity contribution is 6.01. The second kappa shape index (κ2) is 9.35. The van der Waals surface area contributed by atoms with E-state index in [1.54, 1.807) is 6.07 Å². The molecule has 2 aromatic heterocycles. The molecule has 0 fully saturated rings. The van der Waals surface area contributed by atoms with Crippen LogP contribution in [0.4, 0.5) is 20.7 Å². The van der Waals surface area contributed by atoms with Crippen LogP contribution in [-0.2, 0) is 18.4 Å². The maximum Gasteiger partial charge on any atom is 0.327 e. The third-order valence-electron chi connectivity index (χ3n) is 5.71. The van der Waals surface area contributed by atoms with E-state index in [0.29, 0.717) is 18.7 Å². The Kier molecular flexibility index (Phi) is 6.45. The van der Waals surface area contributed by atoms with Crippen LogP contribution < -0.4 is 20.3 Å². The van der Waals surface area contributed by atoms with Gasteiger partial charge in [0.1, 0.15) is 12.1 Å². The van der Waals surface area contributed by atoms with E-state index in [9.17, 15) is 4.79 Å². The Morgan fingerprint density at radius 1 is 1.37 bits per heavy atom. The van der Waals surface area contributed by atoms with Crippen molar-refractivity contribution in [3.8, 4) is 24.0 Å². The van der Waals surface area contributed by atoms with Crippen molar-refractivity contribution in [3.05, 3.63) is 52.9 Å². The quantitative estimate of drug-likeness (QED) is 0.536. The number of fused-ring (bicyclic) bond motifs is 1.